The molecule has 118 valence electrons. The van der Waals surface area contributed by atoms with Gasteiger partial charge in [-0.3, -0.25) is 9.78 Å². The Morgan fingerprint density at radius 3 is 2.78 bits per heavy atom. The van der Waals surface area contributed by atoms with Gasteiger partial charge in [0.05, 0.1) is 24.0 Å². The van der Waals surface area contributed by atoms with Crippen LogP contribution in [0.3, 0.4) is 0 Å². The number of aromatic amines is 1. The Morgan fingerprint density at radius 2 is 2.04 bits per heavy atom. The molecule has 4 heteroatoms. The number of hydrogen-bond donors (Lipinski definition) is 1. The number of hydrogen-bond acceptors (Lipinski definition) is 3. The summed E-state index contributed by atoms with van der Waals surface area (Å²) >= 11 is 0. The number of carbonyl (C=O) groups is 1. The third-order valence-electron chi connectivity index (χ3n) is 4.77. The highest BCUT2D eigenvalue weighted by Crippen LogP contribution is 2.40. The first-order chi connectivity index (χ1) is 10.9. The number of nitrogens with zero attached hydrogens (tertiary/aromatic N) is 1. The van der Waals surface area contributed by atoms with Crippen LogP contribution in [0.2, 0.25) is 0 Å². The second-order valence-corrected chi connectivity index (χ2v) is 7.25. The van der Waals surface area contributed by atoms with Crippen molar-refractivity contribution in [3.63, 3.8) is 0 Å². The third-order valence-corrected chi connectivity index (χ3v) is 4.77. The average Bonchev–Trinajstić information content (AvgIpc) is 2.84. The van der Waals surface area contributed by atoms with Gasteiger partial charge >= 0.3 is 0 Å². The van der Waals surface area contributed by atoms with Crippen LogP contribution >= 0.6 is 0 Å². The molecule has 0 unspecified atom stereocenters. The molecule has 0 fully saturated rings. The minimum atomic E-state index is -0.0268. The number of aromatic nitrogens is 2. The Morgan fingerprint density at radius 1 is 1.26 bits per heavy atom. The van der Waals surface area contributed by atoms with Crippen molar-refractivity contribution in [3.8, 4) is 5.75 Å². The highest BCUT2D eigenvalue weighted by atomic mass is 16.5. The van der Waals surface area contributed by atoms with E-state index in [2.05, 4.69) is 18.8 Å². The monoisotopic (exact) mass is 308 g/mol. The number of nitrogens with one attached hydrogen (secondary N) is 1. The Balaban J connectivity index is 2.14. The normalized spacial score (nSPS) is 16.8. The molecule has 1 aliphatic rings. The van der Waals surface area contributed by atoms with E-state index < -0.39 is 0 Å². The van der Waals surface area contributed by atoms with Crippen molar-refractivity contribution < 1.29 is 9.53 Å². The van der Waals surface area contributed by atoms with E-state index in [1.807, 2.05) is 25.1 Å². The Bertz CT molecular complexity index is 967. The van der Waals surface area contributed by atoms with Gasteiger partial charge in [0.25, 0.3) is 0 Å². The van der Waals surface area contributed by atoms with E-state index in [1.54, 1.807) is 7.11 Å². The molecule has 4 rings (SSSR count). The fourth-order valence-electron chi connectivity index (χ4n) is 3.75. The number of methoxy groups -OCH3 is 1. The van der Waals surface area contributed by atoms with Gasteiger partial charge in [0, 0.05) is 28.3 Å². The molecule has 0 saturated heterocycles. The van der Waals surface area contributed by atoms with E-state index in [4.69, 9.17) is 9.72 Å². The van der Waals surface area contributed by atoms with Crippen molar-refractivity contribution in [3.05, 3.63) is 35.2 Å². The van der Waals surface area contributed by atoms with Crippen molar-refractivity contribution in [2.75, 3.05) is 7.11 Å². The lowest BCUT2D eigenvalue weighted by Crippen LogP contribution is -2.28. The lowest BCUT2D eigenvalue weighted by molar-refractivity contribution is 0.0912. The Hall–Kier alpha value is -2.36. The first-order valence-electron chi connectivity index (χ1n) is 7.92. The molecule has 1 N–H and O–H groups in total. The molecule has 0 spiro atoms. The number of ketones is 1. The molecule has 1 aromatic carbocycles. The van der Waals surface area contributed by atoms with Crippen LogP contribution in [-0.4, -0.2) is 22.9 Å². The number of carbonyl (C=O) groups excluding carboxylic acids is 1. The number of pyridine rings is 1. The minimum absolute atomic E-state index is 0.0268. The smallest absolute Gasteiger partial charge is 0.165 e. The van der Waals surface area contributed by atoms with Crippen LogP contribution < -0.4 is 4.74 Å². The summed E-state index contributed by atoms with van der Waals surface area (Å²) in [5, 5.41) is 2.04. The number of benzene rings is 1. The van der Waals surface area contributed by atoms with E-state index in [0.717, 1.165) is 50.9 Å². The predicted molar refractivity (Wildman–Crippen MR) is 91.3 cm³/mol. The highest BCUT2D eigenvalue weighted by molar-refractivity contribution is 6.19. The number of aryl methyl sites for hydroxylation is 1. The predicted octanol–water partition coefficient (Wildman–Crippen LogP) is 4.19. The first-order valence-corrected chi connectivity index (χ1v) is 7.92. The molecule has 0 saturated carbocycles. The molecule has 3 aromatic rings. The summed E-state index contributed by atoms with van der Waals surface area (Å²) in [7, 11) is 1.66. The van der Waals surface area contributed by atoms with Crippen LogP contribution in [-0.2, 0) is 6.42 Å². The number of fused-ring (bicyclic) bond motifs is 5. The molecule has 4 nitrogen and oxygen atoms in total. The summed E-state index contributed by atoms with van der Waals surface area (Å²) in [5.74, 6) is 0.989. The standard InChI is InChI=1S/C19H20N2O2/c1-10-18-16(12-7-11(23-4)5-6-13(12)21-18)17-14(20-10)8-19(2,3)9-15(17)22/h5-7,21H,8-9H2,1-4H3. The van der Waals surface area contributed by atoms with Gasteiger partial charge in [-0.25, -0.2) is 0 Å². The van der Waals surface area contributed by atoms with Crippen molar-refractivity contribution in [1.82, 2.24) is 9.97 Å². The van der Waals surface area contributed by atoms with Crippen molar-refractivity contribution in [2.45, 2.75) is 33.6 Å². The summed E-state index contributed by atoms with van der Waals surface area (Å²) < 4.78 is 5.36. The number of rotatable bonds is 1. The quantitative estimate of drug-likeness (QED) is 0.733. The molecular weight excluding hydrogens is 288 g/mol. The van der Waals surface area contributed by atoms with Gasteiger partial charge in [-0.1, -0.05) is 13.8 Å². The third kappa shape index (κ3) is 2.05. The lowest BCUT2D eigenvalue weighted by Gasteiger charge is -2.30. The Kier molecular flexibility index (Phi) is 2.83. The molecule has 23 heavy (non-hydrogen) atoms. The van der Waals surface area contributed by atoms with Crippen molar-refractivity contribution in [1.29, 1.82) is 0 Å². The van der Waals surface area contributed by atoms with Gasteiger partial charge in [-0.15, -0.1) is 0 Å². The van der Waals surface area contributed by atoms with Crippen LogP contribution in [0, 0.1) is 12.3 Å². The Labute approximate surface area is 134 Å². The lowest BCUT2D eigenvalue weighted by atomic mass is 9.74. The van der Waals surface area contributed by atoms with E-state index in [9.17, 15) is 4.79 Å². The highest BCUT2D eigenvalue weighted by Gasteiger charge is 2.34. The van der Waals surface area contributed by atoms with Crippen molar-refractivity contribution in [2.24, 2.45) is 5.41 Å². The van der Waals surface area contributed by atoms with Crippen LogP contribution in [0.15, 0.2) is 18.2 Å². The minimum Gasteiger partial charge on any atom is -0.497 e. The molecular formula is C19H20N2O2. The van der Waals surface area contributed by atoms with Gasteiger partial charge in [-0.2, -0.15) is 0 Å². The molecule has 0 amide bonds. The molecule has 2 aromatic heterocycles. The maximum atomic E-state index is 12.8. The average molecular weight is 308 g/mol. The summed E-state index contributed by atoms with van der Waals surface area (Å²) in [6.45, 7) is 6.27. The molecule has 1 aliphatic carbocycles. The van der Waals surface area contributed by atoms with Gasteiger partial charge in [0.15, 0.2) is 5.78 Å². The molecule has 0 bridgehead atoms. The SMILES string of the molecule is COc1ccc2[nH]c3c(C)nc4c(c3c2c1)C(=O)CC(C)(C)C4. The zero-order valence-corrected chi connectivity index (χ0v) is 13.9. The summed E-state index contributed by atoms with van der Waals surface area (Å²) in [5.41, 5.74) is 4.61. The number of ether oxygens (including phenoxy) is 1. The van der Waals surface area contributed by atoms with Gasteiger partial charge in [0.1, 0.15) is 5.75 Å². The van der Waals surface area contributed by atoms with E-state index in [0.29, 0.717) is 6.42 Å². The molecule has 0 atom stereocenters. The van der Waals surface area contributed by atoms with Crippen molar-refractivity contribution >= 4 is 27.6 Å². The molecule has 0 aliphatic heterocycles. The van der Waals surface area contributed by atoms with Gasteiger partial charge in [0.2, 0.25) is 0 Å². The number of Topliss-reactive ketones (excluding diaryl/α,β-unsaturated/α-hetero) is 1. The van der Waals surface area contributed by atoms with E-state index >= 15 is 0 Å². The van der Waals surface area contributed by atoms with E-state index in [-0.39, 0.29) is 11.2 Å². The van der Waals surface area contributed by atoms with E-state index in [1.165, 1.54) is 0 Å². The molecule has 0 radical (unpaired) electrons. The number of H-pyrrole nitrogens is 1. The van der Waals surface area contributed by atoms with Gasteiger partial charge in [-0.05, 0) is 37.0 Å². The summed E-state index contributed by atoms with van der Waals surface area (Å²) in [6.07, 6.45) is 1.40. The second-order valence-electron chi connectivity index (χ2n) is 7.25. The fourth-order valence-corrected chi connectivity index (χ4v) is 3.75. The zero-order chi connectivity index (χ0) is 16.4. The van der Waals surface area contributed by atoms with Crippen LogP contribution in [0.1, 0.15) is 42.0 Å². The fraction of sp³-hybridized carbons (Fsp3) is 0.368. The van der Waals surface area contributed by atoms with Crippen LogP contribution in [0.4, 0.5) is 0 Å². The maximum Gasteiger partial charge on any atom is 0.165 e. The first kappa shape index (κ1) is 14.2. The summed E-state index contributed by atoms with van der Waals surface area (Å²) in [4.78, 5) is 21.0. The second kappa shape index (κ2) is 4.57. The zero-order valence-electron chi connectivity index (χ0n) is 13.9. The largest absolute Gasteiger partial charge is 0.497 e. The summed E-state index contributed by atoms with van der Waals surface area (Å²) in [6, 6.07) is 5.93. The topological polar surface area (TPSA) is 55.0 Å². The maximum absolute atomic E-state index is 12.8. The van der Waals surface area contributed by atoms with Gasteiger partial charge < -0.3 is 9.72 Å². The van der Waals surface area contributed by atoms with Crippen LogP contribution in [0.25, 0.3) is 21.8 Å². The molecule has 2 heterocycles. The van der Waals surface area contributed by atoms with Crippen LogP contribution in [0.5, 0.6) is 5.75 Å².